The lowest BCUT2D eigenvalue weighted by Gasteiger charge is -2.26. The summed E-state index contributed by atoms with van der Waals surface area (Å²) in [5.41, 5.74) is 0.0455. The Morgan fingerprint density at radius 1 is 0.675 bits per heavy atom. The zero-order valence-corrected chi connectivity index (χ0v) is 21.1. The van der Waals surface area contributed by atoms with E-state index >= 15 is 0 Å². The summed E-state index contributed by atoms with van der Waals surface area (Å²) in [5.74, 6) is -0.856. The minimum absolute atomic E-state index is 0.00437. The first-order valence-corrected chi connectivity index (χ1v) is 11.9. The van der Waals surface area contributed by atoms with E-state index in [1.165, 1.54) is 36.4 Å². The number of alkyl halides is 9. The maximum Gasteiger partial charge on any atom is 0.573 e. The molecule has 1 N–H and O–H groups in total. The topological polar surface area (TPSA) is 33.7 Å². The fourth-order valence-corrected chi connectivity index (χ4v) is 3.92. The molecule has 14 heteroatoms. The van der Waals surface area contributed by atoms with Crippen molar-refractivity contribution >= 4 is 23.0 Å². The van der Waals surface area contributed by atoms with Crippen molar-refractivity contribution in [3.8, 4) is 11.5 Å². The number of nitrogens with zero attached hydrogens (tertiary/aromatic N) is 1. The van der Waals surface area contributed by atoms with Gasteiger partial charge < -0.3 is 19.7 Å². The maximum atomic E-state index is 13.1. The highest BCUT2D eigenvalue weighted by atomic mass is 32.1. The Bertz CT molecular complexity index is 1230. The highest BCUT2D eigenvalue weighted by Gasteiger charge is 2.32. The second kappa shape index (κ2) is 12.7. The predicted molar refractivity (Wildman–Crippen MR) is 133 cm³/mol. The van der Waals surface area contributed by atoms with Crippen LogP contribution in [0.15, 0.2) is 72.8 Å². The molecule has 0 atom stereocenters. The van der Waals surface area contributed by atoms with Crippen LogP contribution in [0.2, 0.25) is 0 Å². The van der Waals surface area contributed by atoms with Gasteiger partial charge in [0.1, 0.15) is 11.5 Å². The molecule has 0 bridgehead atoms. The van der Waals surface area contributed by atoms with Gasteiger partial charge in [0.2, 0.25) is 0 Å². The Balaban J connectivity index is 1.77. The lowest BCUT2D eigenvalue weighted by molar-refractivity contribution is -0.275. The summed E-state index contributed by atoms with van der Waals surface area (Å²) in [7, 11) is 0. The quantitative estimate of drug-likeness (QED) is 0.200. The number of hydrogen-bond acceptors (Lipinski definition) is 3. The molecule has 0 saturated carbocycles. The number of halogens is 9. The second-order valence-electron chi connectivity index (χ2n) is 8.39. The van der Waals surface area contributed by atoms with E-state index in [4.69, 9.17) is 12.2 Å². The van der Waals surface area contributed by atoms with Gasteiger partial charge in [0, 0.05) is 18.8 Å². The van der Waals surface area contributed by atoms with Gasteiger partial charge in [-0.15, -0.1) is 26.3 Å². The molecule has 4 nitrogen and oxygen atoms in total. The SMILES string of the molecule is FC(F)(F)Oc1cccc(CCN(CCc2cccc(OC(F)(F)F)c2)C(=S)Nc2cccc(C(F)(F)F)c2)c1. The Morgan fingerprint density at radius 3 is 1.60 bits per heavy atom. The monoisotopic (exact) mass is 596 g/mol. The van der Waals surface area contributed by atoms with Crippen LogP contribution in [0.3, 0.4) is 0 Å². The van der Waals surface area contributed by atoms with Gasteiger partial charge in [-0.25, -0.2) is 0 Å². The normalized spacial score (nSPS) is 12.1. The lowest BCUT2D eigenvalue weighted by Crippen LogP contribution is -2.38. The van der Waals surface area contributed by atoms with Crippen molar-refractivity contribution in [2.24, 2.45) is 0 Å². The third kappa shape index (κ3) is 10.5. The summed E-state index contributed by atoms with van der Waals surface area (Å²) in [6.07, 6.45) is -14.0. The van der Waals surface area contributed by atoms with Gasteiger partial charge >= 0.3 is 18.9 Å². The summed E-state index contributed by atoms with van der Waals surface area (Å²) >= 11 is 5.41. The van der Waals surface area contributed by atoms with Crippen LogP contribution in [0.1, 0.15) is 16.7 Å². The van der Waals surface area contributed by atoms with Gasteiger partial charge in [0.05, 0.1) is 5.56 Å². The van der Waals surface area contributed by atoms with E-state index in [9.17, 15) is 39.5 Å². The molecule has 216 valence electrons. The minimum atomic E-state index is -4.88. The smallest absolute Gasteiger partial charge is 0.406 e. The zero-order chi connectivity index (χ0) is 29.6. The molecule has 0 radical (unpaired) electrons. The molecule has 0 fully saturated rings. The highest BCUT2D eigenvalue weighted by Crippen LogP contribution is 2.31. The van der Waals surface area contributed by atoms with E-state index in [1.54, 1.807) is 17.0 Å². The number of ether oxygens (including phenoxy) is 2. The summed E-state index contributed by atoms with van der Waals surface area (Å²) < 4.78 is 123. The third-order valence-corrected chi connectivity index (χ3v) is 5.69. The number of nitrogens with one attached hydrogen (secondary N) is 1. The maximum absolute atomic E-state index is 13.1. The van der Waals surface area contributed by atoms with Crippen molar-refractivity contribution in [2.75, 3.05) is 18.4 Å². The molecule has 0 spiro atoms. The Morgan fingerprint density at radius 2 is 1.15 bits per heavy atom. The fraction of sp³-hybridized carbons (Fsp3) is 0.269. The van der Waals surface area contributed by atoms with E-state index in [1.807, 2.05) is 0 Å². The third-order valence-electron chi connectivity index (χ3n) is 5.33. The molecule has 0 aliphatic carbocycles. The van der Waals surface area contributed by atoms with Crippen molar-refractivity contribution < 1.29 is 49.0 Å². The number of hydrogen-bond donors (Lipinski definition) is 1. The molecule has 40 heavy (non-hydrogen) atoms. The second-order valence-corrected chi connectivity index (χ2v) is 8.77. The minimum Gasteiger partial charge on any atom is -0.406 e. The van der Waals surface area contributed by atoms with Crippen LogP contribution in [0.4, 0.5) is 45.2 Å². The summed E-state index contributed by atoms with van der Waals surface area (Å²) in [6.45, 7) is 0.220. The summed E-state index contributed by atoms with van der Waals surface area (Å²) in [4.78, 5) is 1.55. The van der Waals surface area contributed by atoms with E-state index in [2.05, 4.69) is 14.8 Å². The van der Waals surface area contributed by atoms with Crippen LogP contribution in [0.25, 0.3) is 0 Å². The Kier molecular flexibility index (Phi) is 9.77. The first-order valence-electron chi connectivity index (χ1n) is 11.5. The van der Waals surface area contributed by atoms with E-state index < -0.39 is 36.0 Å². The molecule has 0 heterocycles. The van der Waals surface area contributed by atoms with Gasteiger partial charge in [0.15, 0.2) is 5.11 Å². The van der Waals surface area contributed by atoms with Crippen molar-refractivity contribution in [3.05, 3.63) is 89.5 Å². The average molecular weight is 597 g/mol. The standard InChI is InChI=1S/C26H21F9N2O2S/c27-24(28,29)19-6-3-7-20(16-19)36-23(40)37(12-10-17-4-1-8-21(14-17)38-25(30,31)32)13-11-18-5-2-9-22(15-18)39-26(33,34)35/h1-9,14-16H,10-13H2,(H,36,40). The predicted octanol–water partition coefficient (Wildman–Crippen LogP) is 7.99. The van der Waals surface area contributed by atoms with Gasteiger partial charge in [-0.05, 0) is 78.7 Å². The van der Waals surface area contributed by atoms with Crippen LogP contribution in [-0.2, 0) is 19.0 Å². The molecule has 0 aliphatic rings. The number of anilines is 1. The number of thiocarbonyl (C=S) groups is 1. The first kappa shape index (κ1) is 30.9. The van der Waals surface area contributed by atoms with Crippen molar-refractivity contribution in [3.63, 3.8) is 0 Å². The Hall–Kier alpha value is -3.68. The number of rotatable bonds is 9. The van der Waals surface area contributed by atoms with E-state index in [-0.39, 0.29) is 36.7 Å². The van der Waals surface area contributed by atoms with Crippen molar-refractivity contribution in [2.45, 2.75) is 31.7 Å². The molecule has 0 unspecified atom stereocenters. The van der Waals surface area contributed by atoms with E-state index in [0.29, 0.717) is 11.1 Å². The lowest BCUT2D eigenvalue weighted by atomic mass is 10.1. The van der Waals surface area contributed by atoms with Gasteiger partial charge in [-0.3, -0.25) is 0 Å². The molecule has 0 amide bonds. The van der Waals surface area contributed by atoms with E-state index in [0.717, 1.165) is 24.3 Å². The number of benzene rings is 3. The largest absolute Gasteiger partial charge is 0.573 e. The van der Waals surface area contributed by atoms with Gasteiger partial charge in [-0.1, -0.05) is 30.3 Å². The molecule has 0 aliphatic heterocycles. The molecular formula is C26H21F9N2O2S. The molecule has 0 saturated heterocycles. The molecule has 3 aromatic rings. The van der Waals surface area contributed by atoms with Crippen LogP contribution >= 0.6 is 12.2 Å². The molecule has 3 rings (SSSR count). The highest BCUT2D eigenvalue weighted by molar-refractivity contribution is 7.80. The van der Waals surface area contributed by atoms with Crippen molar-refractivity contribution in [1.82, 2.24) is 4.90 Å². The first-order chi connectivity index (χ1) is 18.6. The molecule has 3 aromatic carbocycles. The fourth-order valence-electron chi connectivity index (χ4n) is 3.62. The van der Waals surface area contributed by atoms with Gasteiger partial charge in [0.25, 0.3) is 0 Å². The average Bonchev–Trinajstić information content (AvgIpc) is 2.82. The van der Waals surface area contributed by atoms with Crippen LogP contribution < -0.4 is 14.8 Å². The van der Waals surface area contributed by atoms with Crippen molar-refractivity contribution in [1.29, 1.82) is 0 Å². The summed E-state index contributed by atoms with van der Waals surface area (Å²) in [5, 5.41) is 2.73. The molecular weight excluding hydrogens is 575 g/mol. The Labute approximate surface area is 228 Å². The van der Waals surface area contributed by atoms with Crippen LogP contribution in [0, 0.1) is 0 Å². The summed E-state index contributed by atoms with van der Waals surface area (Å²) in [6, 6.07) is 14.8. The van der Waals surface area contributed by atoms with Gasteiger partial charge in [-0.2, -0.15) is 13.2 Å². The van der Waals surface area contributed by atoms with Crippen LogP contribution in [0.5, 0.6) is 11.5 Å². The molecule has 0 aromatic heterocycles. The zero-order valence-electron chi connectivity index (χ0n) is 20.3. The van der Waals surface area contributed by atoms with Crippen LogP contribution in [-0.4, -0.2) is 35.8 Å².